The lowest BCUT2D eigenvalue weighted by atomic mass is 9.88. The third-order valence-corrected chi connectivity index (χ3v) is 4.99. The molecule has 0 aromatic carbocycles. The monoisotopic (exact) mass is 355 g/mol. The van der Waals surface area contributed by atoms with Crippen molar-refractivity contribution < 1.29 is 13.9 Å². The number of furan rings is 1. The standard InChI is InChI=1S/C14H14BrNO3S/c15-12-4-3-10(19-12)13(17)16-14(5-7-18-8-6-14)11-2-1-9-20-11/h1-4,9H,5-8H2,(H,16,17). The molecule has 0 bridgehead atoms. The van der Waals surface area contributed by atoms with Gasteiger partial charge in [-0.1, -0.05) is 6.07 Å². The molecule has 0 unspecified atom stereocenters. The average Bonchev–Trinajstić information content (AvgIpc) is 3.11. The normalized spacial score (nSPS) is 17.9. The Hall–Kier alpha value is -1.11. The summed E-state index contributed by atoms with van der Waals surface area (Å²) >= 11 is 4.87. The highest BCUT2D eigenvalue weighted by molar-refractivity contribution is 9.10. The Morgan fingerprint density at radius 3 is 2.70 bits per heavy atom. The van der Waals surface area contributed by atoms with Gasteiger partial charge >= 0.3 is 0 Å². The van der Waals surface area contributed by atoms with Gasteiger partial charge in [-0.15, -0.1) is 11.3 Å². The average molecular weight is 356 g/mol. The van der Waals surface area contributed by atoms with E-state index < -0.39 is 0 Å². The summed E-state index contributed by atoms with van der Waals surface area (Å²) in [6.07, 6.45) is 1.56. The summed E-state index contributed by atoms with van der Waals surface area (Å²) in [5, 5.41) is 5.17. The molecule has 3 heterocycles. The van der Waals surface area contributed by atoms with Crippen LogP contribution < -0.4 is 5.32 Å². The molecule has 0 saturated carbocycles. The molecule has 1 aliphatic heterocycles. The highest BCUT2D eigenvalue weighted by Gasteiger charge is 2.37. The lowest BCUT2D eigenvalue weighted by Crippen LogP contribution is -2.48. The summed E-state index contributed by atoms with van der Waals surface area (Å²) < 4.78 is 11.3. The molecule has 1 amide bonds. The number of hydrogen-bond donors (Lipinski definition) is 1. The highest BCUT2D eigenvalue weighted by Crippen LogP contribution is 2.35. The molecule has 1 saturated heterocycles. The molecule has 3 rings (SSSR count). The molecule has 0 atom stereocenters. The Balaban J connectivity index is 1.85. The van der Waals surface area contributed by atoms with Crippen LogP contribution >= 0.6 is 27.3 Å². The van der Waals surface area contributed by atoms with Gasteiger partial charge < -0.3 is 14.5 Å². The summed E-state index contributed by atoms with van der Waals surface area (Å²) in [7, 11) is 0. The SMILES string of the molecule is O=C(NC1(c2cccs2)CCOCC1)c1ccc(Br)o1. The zero-order chi connectivity index (χ0) is 14.0. The van der Waals surface area contributed by atoms with Crippen molar-refractivity contribution in [2.75, 3.05) is 13.2 Å². The van der Waals surface area contributed by atoms with Crippen LogP contribution in [0, 0.1) is 0 Å². The fraction of sp³-hybridized carbons (Fsp3) is 0.357. The van der Waals surface area contributed by atoms with Crippen molar-refractivity contribution in [3.8, 4) is 0 Å². The minimum atomic E-state index is -0.344. The van der Waals surface area contributed by atoms with Crippen molar-refractivity contribution in [2.24, 2.45) is 0 Å². The number of carbonyl (C=O) groups excluding carboxylic acids is 1. The van der Waals surface area contributed by atoms with E-state index in [1.165, 1.54) is 4.88 Å². The van der Waals surface area contributed by atoms with Crippen molar-refractivity contribution in [3.63, 3.8) is 0 Å². The van der Waals surface area contributed by atoms with Crippen LogP contribution in [-0.2, 0) is 10.3 Å². The second-order valence-electron chi connectivity index (χ2n) is 4.73. The molecule has 0 aliphatic carbocycles. The van der Waals surface area contributed by atoms with Crippen LogP contribution in [0.5, 0.6) is 0 Å². The molecule has 2 aromatic rings. The van der Waals surface area contributed by atoms with Crippen molar-refractivity contribution in [2.45, 2.75) is 18.4 Å². The van der Waals surface area contributed by atoms with E-state index in [2.05, 4.69) is 27.3 Å². The predicted molar refractivity (Wildman–Crippen MR) is 79.9 cm³/mol. The van der Waals surface area contributed by atoms with Gasteiger partial charge in [0.2, 0.25) is 0 Å². The van der Waals surface area contributed by atoms with Crippen LogP contribution in [0.4, 0.5) is 0 Å². The topological polar surface area (TPSA) is 51.5 Å². The van der Waals surface area contributed by atoms with Crippen molar-refractivity contribution in [1.29, 1.82) is 0 Å². The Morgan fingerprint density at radius 1 is 1.30 bits per heavy atom. The lowest BCUT2D eigenvalue weighted by molar-refractivity contribution is 0.0350. The Labute approximate surface area is 129 Å². The number of amides is 1. The van der Waals surface area contributed by atoms with Crippen LogP contribution in [0.25, 0.3) is 0 Å². The maximum Gasteiger partial charge on any atom is 0.287 e. The molecule has 1 aliphatic rings. The van der Waals surface area contributed by atoms with Gasteiger partial charge in [0, 0.05) is 18.1 Å². The smallest absolute Gasteiger partial charge is 0.287 e. The second-order valence-corrected chi connectivity index (χ2v) is 6.46. The Morgan fingerprint density at radius 2 is 2.10 bits per heavy atom. The zero-order valence-corrected chi connectivity index (χ0v) is 13.1. The van der Waals surface area contributed by atoms with Crippen molar-refractivity contribution >= 4 is 33.2 Å². The van der Waals surface area contributed by atoms with E-state index in [-0.39, 0.29) is 11.4 Å². The first-order valence-corrected chi connectivity index (χ1v) is 8.06. The molecule has 20 heavy (non-hydrogen) atoms. The fourth-order valence-corrected chi connectivity index (χ4v) is 3.67. The van der Waals surface area contributed by atoms with Crippen LogP contribution in [0.15, 0.2) is 38.7 Å². The number of nitrogens with one attached hydrogen (secondary N) is 1. The van der Waals surface area contributed by atoms with Gasteiger partial charge in [0.1, 0.15) is 0 Å². The van der Waals surface area contributed by atoms with Gasteiger partial charge in [-0.05, 0) is 52.4 Å². The van der Waals surface area contributed by atoms with E-state index >= 15 is 0 Å². The molecule has 106 valence electrons. The maximum atomic E-state index is 12.4. The summed E-state index contributed by atoms with van der Waals surface area (Å²) in [6.45, 7) is 1.31. The van der Waals surface area contributed by atoms with Gasteiger partial charge in [-0.25, -0.2) is 0 Å². The summed E-state index contributed by atoms with van der Waals surface area (Å²) in [5.74, 6) is 0.130. The second kappa shape index (κ2) is 5.71. The minimum absolute atomic E-state index is 0.189. The number of halogens is 1. The third-order valence-electron chi connectivity index (χ3n) is 3.49. The maximum absolute atomic E-state index is 12.4. The van der Waals surface area contributed by atoms with E-state index in [1.807, 2.05) is 11.4 Å². The quantitative estimate of drug-likeness (QED) is 0.915. The fourth-order valence-electron chi connectivity index (χ4n) is 2.42. The van der Waals surface area contributed by atoms with E-state index in [0.29, 0.717) is 23.6 Å². The molecule has 0 spiro atoms. The first-order chi connectivity index (χ1) is 9.70. The number of thiophene rings is 1. The van der Waals surface area contributed by atoms with Crippen LogP contribution in [0.1, 0.15) is 28.3 Å². The summed E-state index contributed by atoms with van der Waals surface area (Å²) in [6, 6.07) is 7.46. The first kappa shape index (κ1) is 13.9. The van der Waals surface area contributed by atoms with Crippen molar-refractivity contribution in [1.82, 2.24) is 5.32 Å². The number of rotatable bonds is 3. The highest BCUT2D eigenvalue weighted by atomic mass is 79.9. The van der Waals surface area contributed by atoms with Crippen LogP contribution in [0.2, 0.25) is 0 Å². The minimum Gasteiger partial charge on any atom is -0.444 e. The largest absolute Gasteiger partial charge is 0.444 e. The third kappa shape index (κ3) is 2.68. The van der Waals surface area contributed by atoms with E-state index in [1.54, 1.807) is 23.5 Å². The predicted octanol–water partition coefficient (Wildman–Crippen LogP) is 3.54. The van der Waals surface area contributed by atoms with Crippen LogP contribution in [0.3, 0.4) is 0 Å². The van der Waals surface area contributed by atoms with E-state index in [9.17, 15) is 4.79 Å². The van der Waals surface area contributed by atoms with E-state index in [4.69, 9.17) is 9.15 Å². The molecular weight excluding hydrogens is 342 g/mol. The van der Waals surface area contributed by atoms with Crippen molar-refractivity contribution in [3.05, 3.63) is 45.0 Å². The lowest BCUT2D eigenvalue weighted by Gasteiger charge is -2.37. The van der Waals surface area contributed by atoms with Gasteiger partial charge in [0.15, 0.2) is 10.4 Å². The molecule has 0 radical (unpaired) electrons. The first-order valence-electron chi connectivity index (χ1n) is 6.39. The summed E-state index contributed by atoms with van der Waals surface area (Å²) in [5.41, 5.74) is -0.344. The van der Waals surface area contributed by atoms with Gasteiger partial charge in [0.05, 0.1) is 5.54 Å². The molecule has 6 heteroatoms. The number of hydrogen-bond acceptors (Lipinski definition) is 4. The van der Waals surface area contributed by atoms with Crippen LogP contribution in [-0.4, -0.2) is 19.1 Å². The number of ether oxygens (including phenoxy) is 1. The Bertz CT molecular complexity index is 587. The molecule has 4 nitrogen and oxygen atoms in total. The van der Waals surface area contributed by atoms with Gasteiger partial charge in [-0.2, -0.15) is 0 Å². The molecule has 1 fully saturated rings. The Kier molecular flexibility index (Phi) is 3.96. The van der Waals surface area contributed by atoms with E-state index in [0.717, 1.165) is 12.8 Å². The molecular formula is C14H14BrNO3S. The summed E-state index contributed by atoms with van der Waals surface area (Å²) in [4.78, 5) is 13.5. The molecule has 1 N–H and O–H groups in total. The zero-order valence-electron chi connectivity index (χ0n) is 10.7. The number of carbonyl (C=O) groups is 1. The van der Waals surface area contributed by atoms with Gasteiger partial charge in [-0.3, -0.25) is 4.79 Å². The molecule has 2 aromatic heterocycles. The van der Waals surface area contributed by atoms with Gasteiger partial charge in [0.25, 0.3) is 5.91 Å².